The van der Waals surface area contributed by atoms with E-state index in [1.54, 1.807) is 60.7 Å². The SMILES string of the molecule is [C-]#[N+]c1ccc2c3ccc(C#N)cc3n(-c3cc(C#N)cc(-n4c5cc(C#N)ccc5c5ccc([N+]#[C-])cc54)c3-c3nc(C)cc(C)n3)c2c1. The van der Waals surface area contributed by atoms with Crippen LogP contribution >= 0.6 is 0 Å². The Morgan fingerprint density at radius 1 is 0.520 bits per heavy atom. The number of hydrogen-bond acceptors (Lipinski definition) is 5. The number of fused-ring (bicyclic) bond motifs is 6. The lowest BCUT2D eigenvalue weighted by molar-refractivity contribution is 1.04. The molecule has 0 atom stereocenters. The number of aromatic nitrogens is 4. The molecule has 0 aliphatic rings. The van der Waals surface area contributed by atoms with Gasteiger partial charge in [0, 0.05) is 44.0 Å². The lowest BCUT2D eigenvalue weighted by Gasteiger charge is -2.20. The molecule has 8 aromatic rings. The van der Waals surface area contributed by atoms with Crippen molar-refractivity contribution in [3.8, 4) is 41.0 Å². The monoisotopic (exact) mass is 639 g/mol. The van der Waals surface area contributed by atoms with E-state index in [1.807, 2.05) is 53.3 Å². The summed E-state index contributed by atoms with van der Waals surface area (Å²) >= 11 is 0. The highest BCUT2D eigenvalue weighted by Gasteiger charge is 2.25. The molecule has 5 aromatic carbocycles. The van der Waals surface area contributed by atoms with Crippen molar-refractivity contribution in [3.05, 3.63) is 142 Å². The van der Waals surface area contributed by atoms with Crippen LogP contribution < -0.4 is 0 Å². The number of hydrogen-bond donors (Lipinski definition) is 0. The Labute approximate surface area is 286 Å². The molecular weight excluding hydrogens is 619 g/mol. The number of benzene rings is 5. The molecule has 0 fully saturated rings. The molecule has 8 rings (SSSR count). The lowest BCUT2D eigenvalue weighted by atomic mass is 10.0. The maximum Gasteiger partial charge on any atom is 0.189 e. The molecule has 0 N–H and O–H groups in total. The summed E-state index contributed by atoms with van der Waals surface area (Å²) in [4.78, 5) is 17.3. The molecule has 3 aromatic heterocycles. The Balaban J connectivity index is 1.65. The van der Waals surface area contributed by atoms with E-state index < -0.39 is 0 Å². The third-order valence-electron chi connectivity index (χ3n) is 8.93. The van der Waals surface area contributed by atoms with Gasteiger partial charge in [0.1, 0.15) is 0 Å². The fraction of sp³-hybridized carbons (Fsp3) is 0.0488. The average molecular weight is 640 g/mol. The minimum Gasteiger partial charge on any atom is -0.310 e. The van der Waals surface area contributed by atoms with Gasteiger partial charge in [-0.3, -0.25) is 0 Å². The molecule has 9 heteroatoms. The largest absolute Gasteiger partial charge is 0.310 e. The van der Waals surface area contributed by atoms with E-state index in [-0.39, 0.29) is 0 Å². The van der Waals surface area contributed by atoms with Gasteiger partial charge in [0.15, 0.2) is 17.2 Å². The molecule has 3 heterocycles. The third-order valence-corrected chi connectivity index (χ3v) is 8.93. The molecule has 0 spiro atoms. The molecule has 9 nitrogen and oxygen atoms in total. The first-order chi connectivity index (χ1) is 24.3. The van der Waals surface area contributed by atoms with Crippen LogP contribution in [0.15, 0.2) is 91.0 Å². The predicted octanol–water partition coefficient (Wildman–Crippen LogP) is 9.67. The minimum absolute atomic E-state index is 0.337. The molecule has 0 radical (unpaired) electrons. The van der Waals surface area contributed by atoms with Crippen molar-refractivity contribution < 1.29 is 0 Å². The van der Waals surface area contributed by atoms with E-state index in [0.717, 1.165) is 32.9 Å². The molecule has 0 aliphatic heterocycles. The zero-order valence-electron chi connectivity index (χ0n) is 26.7. The summed E-state index contributed by atoms with van der Waals surface area (Å²) in [6.45, 7) is 19.4. The van der Waals surface area contributed by atoms with Crippen LogP contribution in [0, 0.1) is 61.0 Å². The molecule has 0 bridgehead atoms. The van der Waals surface area contributed by atoms with Crippen molar-refractivity contribution in [2.24, 2.45) is 0 Å². The van der Waals surface area contributed by atoms with Crippen LogP contribution in [0.1, 0.15) is 28.1 Å². The predicted molar refractivity (Wildman–Crippen MR) is 192 cm³/mol. The Morgan fingerprint density at radius 3 is 1.32 bits per heavy atom. The van der Waals surface area contributed by atoms with Gasteiger partial charge in [-0.1, -0.05) is 36.4 Å². The minimum atomic E-state index is 0.337. The van der Waals surface area contributed by atoms with Crippen LogP contribution in [0.4, 0.5) is 11.4 Å². The number of nitriles is 3. The second-order valence-corrected chi connectivity index (χ2v) is 12.0. The van der Waals surface area contributed by atoms with Crippen LogP contribution in [0.3, 0.4) is 0 Å². The van der Waals surface area contributed by atoms with Crippen molar-refractivity contribution in [3.63, 3.8) is 0 Å². The first kappa shape index (κ1) is 29.6. The van der Waals surface area contributed by atoms with Gasteiger partial charge in [0.05, 0.1) is 76.0 Å². The van der Waals surface area contributed by atoms with Crippen molar-refractivity contribution in [2.75, 3.05) is 0 Å². The van der Waals surface area contributed by atoms with E-state index in [0.29, 0.717) is 72.9 Å². The van der Waals surface area contributed by atoms with E-state index in [2.05, 4.69) is 27.9 Å². The van der Waals surface area contributed by atoms with Gasteiger partial charge in [0.25, 0.3) is 0 Å². The van der Waals surface area contributed by atoms with Crippen molar-refractivity contribution in [1.29, 1.82) is 15.8 Å². The first-order valence-electron chi connectivity index (χ1n) is 15.5. The highest BCUT2D eigenvalue weighted by atomic mass is 15.0. The molecular formula is C41H21N9. The van der Waals surface area contributed by atoms with Crippen LogP contribution in [0.5, 0.6) is 0 Å². The normalized spacial score (nSPS) is 10.9. The van der Waals surface area contributed by atoms with Gasteiger partial charge in [-0.15, -0.1) is 0 Å². The molecule has 0 aliphatic carbocycles. The summed E-state index contributed by atoms with van der Waals surface area (Å²) in [7, 11) is 0. The van der Waals surface area contributed by atoms with E-state index in [1.165, 1.54) is 0 Å². The van der Waals surface area contributed by atoms with Crippen molar-refractivity contribution in [1.82, 2.24) is 19.1 Å². The zero-order chi connectivity index (χ0) is 34.7. The van der Waals surface area contributed by atoms with Gasteiger partial charge in [-0.05, 0) is 68.4 Å². The standard InChI is InChI=1S/C41H21N9/c1-23-13-24(2)48-41(47-23)40-38(49-34-14-25(20-42)5-9-30(34)32-11-7-28(45-3)18-36(32)49)16-27(22-44)17-39(40)50-35-15-26(21-43)6-10-31(35)33-12-8-29(46-4)19-37(33)50/h5-19H,1-2H3. The number of rotatable bonds is 3. The van der Waals surface area contributed by atoms with Crippen LogP contribution in [0.2, 0.25) is 0 Å². The molecule has 50 heavy (non-hydrogen) atoms. The Morgan fingerprint density at radius 2 is 0.920 bits per heavy atom. The second-order valence-electron chi connectivity index (χ2n) is 12.0. The highest BCUT2D eigenvalue weighted by Crippen LogP contribution is 2.43. The fourth-order valence-electron chi connectivity index (χ4n) is 6.91. The number of aryl methyl sites for hydroxylation is 2. The fourth-order valence-corrected chi connectivity index (χ4v) is 6.91. The Bertz CT molecular complexity index is 2680. The van der Waals surface area contributed by atoms with Gasteiger partial charge in [0.2, 0.25) is 0 Å². The summed E-state index contributed by atoms with van der Waals surface area (Å²) in [6.07, 6.45) is 0. The summed E-state index contributed by atoms with van der Waals surface area (Å²) < 4.78 is 3.94. The van der Waals surface area contributed by atoms with Gasteiger partial charge >= 0.3 is 0 Å². The summed E-state index contributed by atoms with van der Waals surface area (Å²) in [5.74, 6) is 0.400. The quantitative estimate of drug-likeness (QED) is 0.179. The van der Waals surface area contributed by atoms with Crippen molar-refractivity contribution >= 4 is 55.0 Å². The topological polar surface area (TPSA) is 116 Å². The van der Waals surface area contributed by atoms with E-state index >= 15 is 0 Å². The lowest BCUT2D eigenvalue weighted by Crippen LogP contribution is -2.07. The van der Waals surface area contributed by atoms with Crippen LogP contribution in [0.25, 0.3) is 76.1 Å². The van der Waals surface area contributed by atoms with Crippen LogP contribution in [-0.2, 0) is 0 Å². The second kappa shape index (κ2) is 11.2. The Hall–Kier alpha value is -7.77. The van der Waals surface area contributed by atoms with Gasteiger partial charge < -0.3 is 9.13 Å². The average Bonchev–Trinajstić information content (AvgIpc) is 3.64. The zero-order valence-corrected chi connectivity index (χ0v) is 26.7. The molecule has 0 unspecified atom stereocenters. The van der Waals surface area contributed by atoms with Gasteiger partial charge in [-0.2, -0.15) is 15.8 Å². The first-order valence-corrected chi connectivity index (χ1v) is 15.5. The molecule has 230 valence electrons. The molecule has 0 saturated heterocycles. The summed E-state index contributed by atoms with van der Waals surface area (Å²) in [5, 5.41) is 33.9. The summed E-state index contributed by atoms with van der Waals surface area (Å²) in [5.41, 5.74) is 8.11. The summed E-state index contributed by atoms with van der Waals surface area (Å²) in [6, 6.07) is 34.2. The Kier molecular flexibility index (Phi) is 6.63. The molecule has 0 saturated carbocycles. The van der Waals surface area contributed by atoms with Gasteiger partial charge in [-0.25, -0.2) is 19.7 Å². The highest BCUT2D eigenvalue weighted by molar-refractivity contribution is 6.13. The maximum atomic E-state index is 10.5. The smallest absolute Gasteiger partial charge is 0.189 e. The maximum absolute atomic E-state index is 10.5. The van der Waals surface area contributed by atoms with Crippen LogP contribution in [-0.4, -0.2) is 19.1 Å². The van der Waals surface area contributed by atoms with Crippen molar-refractivity contribution in [2.45, 2.75) is 13.8 Å². The number of nitrogens with zero attached hydrogens (tertiary/aromatic N) is 9. The molecule has 0 amide bonds. The third kappa shape index (κ3) is 4.43. The van der Waals surface area contributed by atoms with E-state index in [9.17, 15) is 15.8 Å². The van der Waals surface area contributed by atoms with E-state index in [4.69, 9.17) is 23.1 Å².